The highest BCUT2D eigenvalue weighted by atomic mass is 16.2. The van der Waals surface area contributed by atoms with Crippen LogP contribution in [0.3, 0.4) is 0 Å². The Morgan fingerprint density at radius 1 is 1.69 bits per heavy atom. The van der Waals surface area contributed by atoms with E-state index in [1.165, 1.54) is 0 Å². The van der Waals surface area contributed by atoms with Crippen LogP contribution in [-0.4, -0.2) is 40.6 Å². The highest BCUT2D eigenvalue weighted by Crippen LogP contribution is 2.16. The van der Waals surface area contributed by atoms with Crippen molar-refractivity contribution in [2.75, 3.05) is 13.6 Å². The summed E-state index contributed by atoms with van der Waals surface area (Å²) in [6.07, 6.45) is 5.63. The number of hydrogen-bond donors (Lipinski definition) is 2. The van der Waals surface area contributed by atoms with Gasteiger partial charge in [-0.3, -0.25) is 15.2 Å². The van der Waals surface area contributed by atoms with Crippen LogP contribution in [0.2, 0.25) is 0 Å². The zero-order chi connectivity index (χ0) is 11.5. The molecule has 0 bridgehead atoms. The lowest BCUT2D eigenvalue weighted by molar-refractivity contribution is -0.134. The van der Waals surface area contributed by atoms with Crippen LogP contribution in [0.15, 0.2) is 12.4 Å². The number of carbonyl (C=O) groups excluding carboxylic acids is 1. The molecular formula is C11H18N4O. The number of carbonyl (C=O) groups is 1. The lowest BCUT2D eigenvalue weighted by Gasteiger charge is -2.31. The summed E-state index contributed by atoms with van der Waals surface area (Å²) in [7, 11) is 1.86. The fourth-order valence-electron chi connectivity index (χ4n) is 2.08. The van der Waals surface area contributed by atoms with E-state index in [1.54, 1.807) is 11.1 Å². The van der Waals surface area contributed by atoms with Crippen molar-refractivity contribution in [3.8, 4) is 0 Å². The van der Waals surface area contributed by atoms with E-state index in [9.17, 15) is 4.79 Å². The molecule has 0 aromatic carbocycles. The Kier molecular flexibility index (Phi) is 3.24. The molecule has 5 nitrogen and oxygen atoms in total. The average Bonchev–Trinajstić information content (AvgIpc) is 2.78. The maximum Gasteiger partial charge on any atom is 0.239 e. The van der Waals surface area contributed by atoms with Crippen molar-refractivity contribution in [1.82, 2.24) is 20.4 Å². The summed E-state index contributed by atoms with van der Waals surface area (Å²) in [5, 5.41) is 10.0. The van der Waals surface area contributed by atoms with Crippen LogP contribution in [0.5, 0.6) is 0 Å². The molecule has 0 aliphatic carbocycles. The van der Waals surface area contributed by atoms with Crippen LogP contribution < -0.4 is 5.32 Å². The molecule has 1 amide bonds. The summed E-state index contributed by atoms with van der Waals surface area (Å²) >= 11 is 0. The van der Waals surface area contributed by atoms with Gasteiger partial charge < -0.3 is 4.90 Å². The van der Waals surface area contributed by atoms with Gasteiger partial charge in [0, 0.05) is 31.4 Å². The van der Waals surface area contributed by atoms with Crippen LogP contribution in [0.25, 0.3) is 0 Å². The van der Waals surface area contributed by atoms with Gasteiger partial charge in [-0.1, -0.05) is 0 Å². The first kappa shape index (κ1) is 11.1. The van der Waals surface area contributed by atoms with Crippen LogP contribution in [0.1, 0.15) is 31.4 Å². The highest BCUT2D eigenvalue weighted by Gasteiger charge is 2.27. The quantitative estimate of drug-likeness (QED) is 0.790. The summed E-state index contributed by atoms with van der Waals surface area (Å²) in [4.78, 5) is 13.7. The summed E-state index contributed by atoms with van der Waals surface area (Å²) in [5.74, 6) is 0.196. The molecule has 2 rings (SSSR count). The van der Waals surface area contributed by atoms with Crippen molar-refractivity contribution in [3.63, 3.8) is 0 Å². The number of rotatable bonds is 3. The summed E-state index contributed by atoms with van der Waals surface area (Å²) < 4.78 is 0. The van der Waals surface area contributed by atoms with Crippen molar-refractivity contribution in [2.45, 2.75) is 31.8 Å². The predicted molar refractivity (Wildman–Crippen MR) is 60.8 cm³/mol. The third-order valence-corrected chi connectivity index (χ3v) is 3.13. The molecule has 1 aliphatic rings. The van der Waals surface area contributed by atoms with E-state index in [0.29, 0.717) is 0 Å². The first-order chi connectivity index (χ1) is 7.68. The zero-order valence-electron chi connectivity index (χ0n) is 9.73. The molecule has 1 saturated heterocycles. The van der Waals surface area contributed by atoms with Gasteiger partial charge in [-0.2, -0.15) is 5.10 Å². The van der Waals surface area contributed by atoms with E-state index in [0.717, 1.165) is 24.9 Å². The third kappa shape index (κ3) is 2.24. The lowest BCUT2D eigenvalue weighted by Crippen LogP contribution is -2.49. The molecular weight excluding hydrogens is 204 g/mol. The summed E-state index contributed by atoms with van der Waals surface area (Å²) in [5.41, 5.74) is 1.08. The Hall–Kier alpha value is -1.36. The molecule has 1 aromatic heterocycles. The van der Waals surface area contributed by atoms with Crippen molar-refractivity contribution in [3.05, 3.63) is 18.0 Å². The van der Waals surface area contributed by atoms with Gasteiger partial charge in [0.15, 0.2) is 0 Å². The largest absolute Gasteiger partial charge is 0.344 e. The first-order valence-electron chi connectivity index (χ1n) is 5.68. The van der Waals surface area contributed by atoms with Crippen molar-refractivity contribution in [1.29, 1.82) is 0 Å². The Labute approximate surface area is 95.2 Å². The zero-order valence-corrected chi connectivity index (χ0v) is 9.73. The Morgan fingerprint density at radius 2 is 2.50 bits per heavy atom. The number of piperidine rings is 1. The molecule has 1 aromatic rings. The molecule has 1 fully saturated rings. The maximum atomic E-state index is 11.9. The number of nitrogens with zero attached hydrogens (tertiary/aromatic N) is 2. The van der Waals surface area contributed by atoms with E-state index in [-0.39, 0.29) is 18.0 Å². The highest BCUT2D eigenvalue weighted by molar-refractivity contribution is 5.82. The number of likely N-dealkylation sites (tertiary alicyclic amines) is 1. The van der Waals surface area contributed by atoms with Gasteiger partial charge in [-0.25, -0.2) is 0 Å². The second kappa shape index (κ2) is 4.65. The number of nitrogens with one attached hydrogen (secondary N) is 2. The molecule has 5 heteroatoms. The van der Waals surface area contributed by atoms with Crippen molar-refractivity contribution < 1.29 is 4.79 Å². The Morgan fingerprint density at radius 3 is 3.19 bits per heavy atom. The molecule has 2 N–H and O–H groups in total. The third-order valence-electron chi connectivity index (χ3n) is 3.13. The molecule has 2 atom stereocenters. The smallest absolute Gasteiger partial charge is 0.239 e. The number of amides is 1. The minimum atomic E-state index is -0.0522. The Balaban J connectivity index is 1.96. The van der Waals surface area contributed by atoms with E-state index < -0.39 is 0 Å². The lowest BCUT2D eigenvalue weighted by atomic mass is 10.0. The number of H-pyrrole nitrogens is 1. The van der Waals surface area contributed by atoms with Gasteiger partial charge in [-0.05, 0) is 19.8 Å². The van der Waals surface area contributed by atoms with E-state index in [1.807, 2.05) is 20.2 Å². The van der Waals surface area contributed by atoms with Crippen LogP contribution in [0, 0.1) is 0 Å². The van der Waals surface area contributed by atoms with E-state index in [4.69, 9.17) is 0 Å². The second-order valence-corrected chi connectivity index (χ2v) is 4.37. The topological polar surface area (TPSA) is 61.0 Å². The average molecular weight is 222 g/mol. The van der Waals surface area contributed by atoms with Gasteiger partial charge in [0.1, 0.15) is 0 Å². The number of hydrogen-bond acceptors (Lipinski definition) is 3. The SMILES string of the molecule is CC(NC1CCCN(C)C1=O)c1cn[nH]c1. The number of likely N-dealkylation sites (N-methyl/N-ethyl adjacent to an activating group) is 1. The van der Waals surface area contributed by atoms with Crippen molar-refractivity contribution >= 4 is 5.91 Å². The van der Waals surface area contributed by atoms with Crippen LogP contribution in [0.4, 0.5) is 0 Å². The Bertz CT molecular complexity index is 349. The molecule has 0 radical (unpaired) electrons. The van der Waals surface area contributed by atoms with Gasteiger partial charge in [0.25, 0.3) is 0 Å². The summed E-state index contributed by atoms with van der Waals surface area (Å²) in [6.45, 7) is 2.92. The van der Waals surface area contributed by atoms with Crippen LogP contribution in [-0.2, 0) is 4.79 Å². The fourth-order valence-corrected chi connectivity index (χ4v) is 2.08. The van der Waals surface area contributed by atoms with Crippen LogP contribution >= 0.6 is 0 Å². The standard InChI is InChI=1S/C11H18N4O/c1-8(9-6-12-13-7-9)14-10-4-3-5-15(2)11(10)16/h6-8,10,14H,3-5H2,1-2H3,(H,12,13). The number of aromatic nitrogens is 2. The molecule has 16 heavy (non-hydrogen) atoms. The molecule has 1 aliphatic heterocycles. The monoisotopic (exact) mass is 222 g/mol. The normalized spacial score (nSPS) is 23.5. The second-order valence-electron chi connectivity index (χ2n) is 4.37. The first-order valence-corrected chi connectivity index (χ1v) is 5.68. The predicted octanol–water partition coefficient (Wildman–Crippen LogP) is 0.681. The molecule has 88 valence electrons. The molecule has 2 unspecified atom stereocenters. The molecule has 2 heterocycles. The minimum Gasteiger partial charge on any atom is -0.344 e. The van der Waals surface area contributed by atoms with Gasteiger partial charge in [-0.15, -0.1) is 0 Å². The van der Waals surface area contributed by atoms with E-state index >= 15 is 0 Å². The molecule has 0 spiro atoms. The fraction of sp³-hybridized carbons (Fsp3) is 0.636. The maximum absolute atomic E-state index is 11.9. The van der Waals surface area contributed by atoms with Gasteiger partial charge in [0.2, 0.25) is 5.91 Å². The van der Waals surface area contributed by atoms with Gasteiger partial charge in [0.05, 0.1) is 12.2 Å². The van der Waals surface area contributed by atoms with Gasteiger partial charge >= 0.3 is 0 Å². The minimum absolute atomic E-state index is 0.0522. The number of aromatic amines is 1. The molecule has 0 saturated carbocycles. The van der Waals surface area contributed by atoms with E-state index in [2.05, 4.69) is 15.5 Å². The van der Waals surface area contributed by atoms with Crippen molar-refractivity contribution in [2.24, 2.45) is 0 Å². The summed E-state index contributed by atoms with van der Waals surface area (Å²) in [6, 6.07) is 0.0999.